The van der Waals surface area contributed by atoms with Crippen LogP contribution in [0.15, 0.2) is 55.2 Å². The highest BCUT2D eigenvalue weighted by Crippen LogP contribution is 2.34. The van der Waals surface area contributed by atoms with Crippen LogP contribution in [0.2, 0.25) is 0 Å². The van der Waals surface area contributed by atoms with E-state index in [1.54, 1.807) is 0 Å². The van der Waals surface area contributed by atoms with Gasteiger partial charge in [0.05, 0.1) is 50.7 Å². The van der Waals surface area contributed by atoms with Crippen LogP contribution in [0.25, 0.3) is 0 Å². The van der Waals surface area contributed by atoms with Gasteiger partial charge < -0.3 is 29.1 Å². The average molecular weight is 865 g/mol. The molecule has 2 atom stereocenters. The van der Waals surface area contributed by atoms with Crippen LogP contribution in [0, 0.1) is 29.6 Å². The number of hydrogen-bond donors (Lipinski definition) is 0. The Morgan fingerprint density at radius 2 is 1.13 bits per heavy atom. The normalized spacial score (nSPS) is 21.0. The number of fused-ring (bicyclic) bond motifs is 3. The van der Waals surface area contributed by atoms with E-state index >= 15 is 0 Å². The minimum Gasteiger partial charge on any atom is -0.380 e. The third-order valence-corrected chi connectivity index (χ3v) is 12.4. The zero-order valence-corrected chi connectivity index (χ0v) is 41.0. The predicted octanol–water partition coefficient (Wildman–Crippen LogP) is 9.71. The number of aromatic nitrogens is 1. The molecule has 0 saturated carbocycles. The van der Waals surface area contributed by atoms with Crippen LogP contribution in [0.3, 0.4) is 0 Å². The van der Waals surface area contributed by atoms with Gasteiger partial charge in [0.2, 0.25) is 11.8 Å². The third-order valence-electron chi connectivity index (χ3n) is 12.4. The molecule has 7 rings (SSSR count). The summed E-state index contributed by atoms with van der Waals surface area (Å²) in [4.78, 5) is 41.6. The predicted molar refractivity (Wildman–Crippen MR) is 254 cm³/mol. The molecule has 7 heterocycles. The van der Waals surface area contributed by atoms with Gasteiger partial charge in [-0.3, -0.25) is 24.5 Å². The number of hydroxylamine groups is 2. The van der Waals surface area contributed by atoms with Gasteiger partial charge in [0.15, 0.2) is 0 Å². The van der Waals surface area contributed by atoms with E-state index in [2.05, 4.69) is 82.1 Å². The number of allylic oxidation sites excluding steroid dienone is 3. The van der Waals surface area contributed by atoms with E-state index in [9.17, 15) is 9.59 Å². The fraction of sp³-hybridized carbons (Fsp3) is 0.745. The van der Waals surface area contributed by atoms with Crippen LogP contribution in [-0.2, 0) is 37.0 Å². The summed E-state index contributed by atoms with van der Waals surface area (Å²) >= 11 is 0. The van der Waals surface area contributed by atoms with Crippen molar-refractivity contribution in [1.82, 2.24) is 29.6 Å². The smallest absolute Gasteiger partial charge is 0.225 e. The van der Waals surface area contributed by atoms with Gasteiger partial charge in [-0.25, -0.2) is 0 Å². The topological polar surface area (TPSA) is 90.9 Å². The fourth-order valence-electron chi connectivity index (χ4n) is 8.26. The van der Waals surface area contributed by atoms with Crippen LogP contribution in [-0.4, -0.2) is 119 Å². The highest BCUT2D eigenvalue weighted by Gasteiger charge is 2.38. The number of morpholine rings is 1. The first-order valence-electron chi connectivity index (χ1n) is 24.2. The van der Waals surface area contributed by atoms with E-state index < -0.39 is 0 Å². The number of pyridine rings is 1. The Morgan fingerprint density at radius 1 is 0.581 bits per heavy atom. The lowest BCUT2D eigenvalue weighted by Crippen LogP contribution is -2.45. The SMILES string of the molecule is C=C(C(C)C)N1C2CCC1COC2.C=C(C(C)C)N1CCCCO1.C=C(C(C)C)N1Cc2cccnc2C1.CC(C)C(=O)N1CCCCCC1.CC(C)C(=O)N1CCCOCC1. The minimum atomic E-state index is 0.114. The number of hydrogen-bond acceptors (Lipinski definition) is 9. The third kappa shape index (κ3) is 17.3. The molecule has 11 nitrogen and oxygen atoms in total. The van der Waals surface area contributed by atoms with Gasteiger partial charge in [0.25, 0.3) is 0 Å². The molecule has 2 amide bonds. The van der Waals surface area contributed by atoms with Crippen molar-refractivity contribution in [3.8, 4) is 0 Å². The minimum absolute atomic E-state index is 0.114. The molecule has 62 heavy (non-hydrogen) atoms. The number of nitrogens with zero attached hydrogens (tertiary/aromatic N) is 6. The monoisotopic (exact) mass is 865 g/mol. The quantitative estimate of drug-likeness (QED) is 0.254. The molecule has 0 aromatic carbocycles. The molecule has 0 radical (unpaired) electrons. The van der Waals surface area contributed by atoms with Crippen molar-refractivity contribution in [3.05, 3.63) is 66.4 Å². The van der Waals surface area contributed by atoms with E-state index in [-0.39, 0.29) is 17.7 Å². The second-order valence-electron chi connectivity index (χ2n) is 19.2. The standard InChI is InChI=1S/C12H16N2.C11H19NO.C10H19NO.C9H17NO2.C9H17NO/c1-9(2)10(3)14-7-11-5-4-6-13-12(11)8-14;1-8(2)9(3)12-10-4-5-11(12)7-13-6-10;1-9(2)10(12)11-7-5-3-4-6-8-11;1-8(2)9(11)10-4-3-6-12-7-5-10;1-8(2)9(3)10-6-4-5-7-11-10/h4-6,9H,3,7-8H2,1-2H3;8,10-11H,3-7H2,1-2H3;9H,3-8H2,1-2H3;8H,3-7H2,1-2H3;8H,3-7H2,1-2H3. The molecule has 2 bridgehead atoms. The lowest BCUT2D eigenvalue weighted by molar-refractivity contribution is -0.158. The lowest BCUT2D eigenvalue weighted by Gasteiger charge is -2.39. The highest BCUT2D eigenvalue weighted by molar-refractivity contribution is 5.78. The van der Waals surface area contributed by atoms with Crippen LogP contribution in [0.4, 0.5) is 0 Å². The maximum atomic E-state index is 11.6. The summed E-state index contributed by atoms with van der Waals surface area (Å²) in [5.74, 6) is 2.45. The molecular weight excluding hydrogens is 777 g/mol. The first-order chi connectivity index (χ1) is 29.5. The van der Waals surface area contributed by atoms with Gasteiger partial charge in [-0.2, -0.15) is 0 Å². The van der Waals surface area contributed by atoms with Crippen molar-refractivity contribution in [2.24, 2.45) is 29.6 Å². The second kappa shape index (κ2) is 27.7. The number of amides is 2. The van der Waals surface area contributed by atoms with Crippen LogP contribution >= 0.6 is 0 Å². The van der Waals surface area contributed by atoms with Gasteiger partial charge >= 0.3 is 0 Å². The number of ether oxygens (including phenoxy) is 2. The molecule has 2 unspecified atom stereocenters. The number of carbonyl (C=O) groups excluding carboxylic acids is 2. The molecule has 6 aliphatic rings. The molecule has 11 heteroatoms. The van der Waals surface area contributed by atoms with Gasteiger partial charge in [0, 0.05) is 81.0 Å². The zero-order valence-electron chi connectivity index (χ0n) is 41.0. The van der Waals surface area contributed by atoms with Crippen molar-refractivity contribution in [2.45, 2.75) is 152 Å². The Morgan fingerprint density at radius 3 is 1.65 bits per heavy atom. The molecule has 5 fully saturated rings. The second-order valence-corrected chi connectivity index (χ2v) is 19.2. The molecule has 1 aromatic rings. The van der Waals surface area contributed by atoms with Crippen LogP contribution in [0.5, 0.6) is 0 Å². The van der Waals surface area contributed by atoms with Crippen molar-refractivity contribution < 1.29 is 23.9 Å². The molecule has 6 aliphatic heterocycles. The molecule has 0 N–H and O–H groups in total. The Bertz CT molecular complexity index is 1430. The molecule has 1 aromatic heterocycles. The Balaban J connectivity index is 0.000000207. The van der Waals surface area contributed by atoms with Crippen molar-refractivity contribution in [1.29, 1.82) is 0 Å². The summed E-state index contributed by atoms with van der Waals surface area (Å²) in [6.45, 7) is 43.8. The molecular formula is C51H88N6O5. The summed E-state index contributed by atoms with van der Waals surface area (Å²) in [6.07, 6.45) is 12.8. The summed E-state index contributed by atoms with van der Waals surface area (Å²) < 4.78 is 10.8. The van der Waals surface area contributed by atoms with Gasteiger partial charge in [-0.05, 0) is 74.3 Å². The molecule has 0 aliphatic carbocycles. The van der Waals surface area contributed by atoms with E-state index in [0.29, 0.717) is 42.4 Å². The largest absolute Gasteiger partial charge is 0.380 e. The van der Waals surface area contributed by atoms with E-state index in [0.717, 1.165) is 84.4 Å². The Kier molecular flexibility index (Phi) is 23.7. The Labute approximate surface area is 378 Å². The zero-order chi connectivity index (χ0) is 45.8. The van der Waals surface area contributed by atoms with Crippen LogP contribution in [0.1, 0.15) is 138 Å². The lowest BCUT2D eigenvalue weighted by atomic mass is 10.1. The average Bonchev–Trinajstić information content (AvgIpc) is 3.49. The summed E-state index contributed by atoms with van der Waals surface area (Å²) in [5, 5.41) is 1.94. The highest BCUT2D eigenvalue weighted by atomic mass is 16.7. The van der Waals surface area contributed by atoms with Crippen molar-refractivity contribution in [2.75, 3.05) is 65.8 Å². The fourth-order valence-corrected chi connectivity index (χ4v) is 8.26. The number of likely N-dealkylation sites (tertiary alicyclic amines) is 1. The summed E-state index contributed by atoms with van der Waals surface area (Å²) in [6, 6.07) is 5.39. The van der Waals surface area contributed by atoms with Gasteiger partial charge in [-0.15, -0.1) is 0 Å². The van der Waals surface area contributed by atoms with Gasteiger partial charge in [-0.1, -0.05) is 108 Å². The van der Waals surface area contributed by atoms with E-state index in [4.69, 9.17) is 14.3 Å². The van der Waals surface area contributed by atoms with E-state index in [1.807, 2.05) is 54.8 Å². The summed E-state index contributed by atoms with van der Waals surface area (Å²) in [7, 11) is 0. The first kappa shape index (κ1) is 52.9. The van der Waals surface area contributed by atoms with Crippen LogP contribution < -0.4 is 0 Å². The maximum absolute atomic E-state index is 11.6. The first-order valence-corrected chi connectivity index (χ1v) is 24.2. The molecule has 0 spiro atoms. The van der Waals surface area contributed by atoms with E-state index in [1.165, 1.54) is 74.0 Å². The Hall–Kier alpha value is -3.41. The van der Waals surface area contributed by atoms with Gasteiger partial charge in [0.1, 0.15) is 0 Å². The van der Waals surface area contributed by atoms with Crippen molar-refractivity contribution in [3.63, 3.8) is 0 Å². The number of carbonyl (C=O) groups is 2. The number of rotatable bonds is 8. The van der Waals surface area contributed by atoms with Crippen molar-refractivity contribution >= 4 is 11.8 Å². The maximum Gasteiger partial charge on any atom is 0.225 e. The molecule has 5 saturated heterocycles. The molecule has 352 valence electrons. The summed E-state index contributed by atoms with van der Waals surface area (Å²) in [5.41, 5.74) is 6.16.